The molecule has 116 valence electrons. The number of hydrogen-bond donors (Lipinski definition) is 1. The Labute approximate surface area is 134 Å². The van der Waals surface area contributed by atoms with E-state index in [1.807, 2.05) is 0 Å². The molecule has 4 rings (SSSR count). The molecule has 0 unspecified atom stereocenters. The number of hydrazone groups is 1. The zero-order chi connectivity index (χ0) is 15.8. The van der Waals surface area contributed by atoms with Crippen molar-refractivity contribution in [1.29, 1.82) is 0 Å². The van der Waals surface area contributed by atoms with Gasteiger partial charge in [0.2, 0.25) is 0 Å². The highest BCUT2D eigenvalue weighted by molar-refractivity contribution is 7.19. The highest BCUT2D eigenvalue weighted by Crippen LogP contribution is 2.38. The van der Waals surface area contributed by atoms with Gasteiger partial charge < -0.3 is 4.42 Å². The van der Waals surface area contributed by atoms with Gasteiger partial charge >= 0.3 is 5.88 Å². The van der Waals surface area contributed by atoms with E-state index in [9.17, 15) is 10.1 Å². The van der Waals surface area contributed by atoms with Gasteiger partial charge in [-0.05, 0) is 30.9 Å². The van der Waals surface area contributed by atoms with Crippen LogP contribution in [0.4, 0.5) is 11.7 Å². The van der Waals surface area contributed by atoms with Crippen molar-refractivity contribution in [3.8, 4) is 0 Å². The number of anilines is 1. The minimum absolute atomic E-state index is 0.296. The lowest BCUT2D eigenvalue weighted by Gasteiger charge is -2.02. The van der Waals surface area contributed by atoms with Crippen molar-refractivity contribution in [2.75, 3.05) is 5.43 Å². The summed E-state index contributed by atoms with van der Waals surface area (Å²) in [5.74, 6) is 0.628. The summed E-state index contributed by atoms with van der Waals surface area (Å²) in [4.78, 5) is 20.9. The Morgan fingerprint density at radius 2 is 2.30 bits per heavy atom. The summed E-state index contributed by atoms with van der Waals surface area (Å²) in [6.45, 7) is 0. The van der Waals surface area contributed by atoms with Gasteiger partial charge in [-0.3, -0.25) is 15.5 Å². The molecule has 1 aliphatic rings. The van der Waals surface area contributed by atoms with Crippen LogP contribution in [0.25, 0.3) is 10.2 Å². The first kappa shape index (κ1) is 13.8. The molecule has 8 nitrogen and oxygen atoms in total. The van der Waals surface area contributed by atoms with E-state index in [1.165, 1.54) is 35.1 Å². The van der Waals surface area contributed by atoms with Crippen molar-refractivity contribution in [3.05, 3.63) is 44.8 Å². The van der Waals surface area contributed by atoms with Crippen molar-refractivity contribution in [2.45, 2.75) is 19.3 Å². The zero-order valence-corrected chi connectivity index (χ0v) is 12.7. The zero-order valence-electron chi connectivity index (χ0n) is 11.9. The van der Waals surface area contributed by atoms with E-state index in [4.69, 9.17) is 4.42 Å². The smallest absolute Gasteiger partial charge is 0.400 e. The van der Waals surface area contributed by atoms with Gasteiger partial charge in [0.25, 0.3) is 0 Å². The number of nitrogens with zero attached hydrogens (tertiary/aromatic N) is 4. The molecule has 1 aliphatic carbocycles. The third kappa shape index (κ3) is 2.44. The van der Waals surface area contributed by atoms with Gasteiger partial charge in [0.05, 0.1) is 17.7 Å². The number of thiophene rings is 1. The average molecular weight is 329 g/mol. The first-order valence-electron chi connectivity index (χ1n) is 7.01. The van der Waals surface area contributed by atoms with Crippen LogP contribution in [-0.4, -0.2) is 21.1 Å². The van der Waals surface area contributed by atoms with Crippen LogP contribution in [0.15, 0.2) is 28.0 Å². The molecule has 1 N–H and O–H groups in total. The summed E-state index contributed by atoms with van der Waals surface area (Å²) >= 11 is 1.70. The minimum Gasteiger partial charge on any atom is -0.400 e. The SMILES string of the molecule is O=[N+]([O-])c1ccc(/C=N\Nc2ncnc3sc4c(c23)CCC4)o1. The Hall–Kier alpha value is -2.81. The number of rotatable bonds is 4. The van der Waals surface area contributed by atoms with Gasteiger partial charge in [-0.1, -0.05) is 0 Å². The monoisotopic (exact) mass is 329 g/mol. The summed E-state index contributed by atoms with van der Waals surface area (Å²) in [5, 5.41) is 15.7. The van der Waals surface area contributed by atoms with Crippen LogP contribution in [0.2, 0.25) is 0 Å². The molecule has 0 aliphatic heterocycles. The van der Waals surface area contributed by atoms with E-state index in [0.29, 0.717) is 11.6 Å². The van der Waals surface area contributed by atoms with Gasteiger partial charge in [-0.25, -0.2) is 9.97 Å². The van der Waals surface area contributed by atoms with Crippen LogP contribution in [0, 0.1) is 10.1 Å². The molecule has 0 bridgehead atoms. The second-order valence-electron chi connectivity index (χ2n) is 5.06. The summed E-state index contributed by atoms with van der Waals surface area (Å²) in [7, 11) is 0. The fourth-order valence-corrected chi connectivity index (χ4v) is 3.91. The first-order valence-corrected chi connectivity index (χ1v) is 7.82. The Balaban J connectivity index is 1.60. The van der Waals surface area contributed by atoms with E-state index in [-0.39, 0.29) is 5.88 Å². The number of hydrogen-bond acceptors (Lipinski definition) is 8. The summed E-state index contributed by atoms with van der Waals surface area (Å²) in [5.41, 5.74) is 4.19. The lowest BCUT2D eigenvalue weighted by Crippen LogP contribution is -1.95. The second kappa shape index (κ2) is 5.43. The van der Waals surface area contributed by atoms with Crippen LogP contribution >= 0.6 is 11.3 Å². The summed E-state index contributed by atoms with van der Waals surface area (Å²) < 4.78 is 5.01. The van der Waals surface area contributed by atoms with Crippen molar-refractivity contribution < 1.29 is 9.34 Å². The number of fused-ring (bicyclic) bond motifs is 3. The average Bonchev–Trinajstić information content (AvgIpc) is 3.21. The van der Waals surface area contributed by atoms with E-state index in [1.54, 1.807) is 11.3 Å². The number of nitrogens with one attached hydrogen (secondary N) is 1. The molecule has 0 saturated heterocycles. The molecule has 0 saturated carbocycles. The van der Waals surface area contributed by atoms with Crippen LogP contribution in [-0.2, 0) is 12.8 Å². The highest BCUT2D eigenvalue weighted by Gasteiger charge is 2.21. The number of aromatic nitrogens is 2. The van der Waals surface area contributed by atoms with E-state index < -0.39 is 4.92 Å². The third-order valence-corrected chi connectivity index (χ3v) is 4.86. The fraction of sp³-hybridized carbons (Fsp3) is 0.214. The fourth-order valence-electron chi connectivity index (χ4n) is 2.68. The Morgan fingerprint density at radius 3 is 3.13 bits per heavy atom. The summed E-state index contributed by atoms with van der Waals surface area (Å²) in [6.07, 6.45) is 6.17. The molecule has 3 aromatic rings. The molecule has 0 aromatic carbocycles. The van der Waals surface area contributed by atoms with Gasteiger partial charge in [-0.15, -0.1) is 11.3 Å². The standard InChI is InChI=1S/C14H11N5O3S/c20-19(21)11-5-4-8(22-11)6-17-18-13-12-9-2-1-3-10(9)23-14(12)16-7-15-13/h4-7H,1-3H2,(H,15,16,18)/b17-6-. The van der Waals surface area contributed by atoms with Crippen LogP contribution in [0.1, 0.15) is 22.6 Å². The largest absolute Gasteiger partial charge is 0.433 e. The maximum Gasteiger partial charge on any atom is 0.433 e. The molecule has 0 spiro atoms. The molecular formula is C14H11N5O3S. The Kier molecular flexibility index (Phi) is 3.27. The first-order chi connectivity index (χ1) is 11.2. The van der Waals surface area contributed by atoms with E-state index >= 15 is 0 Å². The predicted octanol–water partition coefficient (Wildman–Crippen LogP) is 3.13. The molecule has 23 heavy (non-hydrogen) atoms. The third-order valence-electron chi connectivity index (χ3n) is 3.66. The molecule has 0 fully saturated rings. The van der Waals surface area contributed by atoms with Crippen LogP contribution in [0.3, 0.4) is 0 Å². The molecule has 0 radical (unpaired) electrons. The number of furan rings is 1. The van der Waals surface area contributed by atoms with Crippen LogP contribution in [0.5, 0.6) is 0 Å². The molecular weight excluding hydrogens is 318 g/mol. The predicted molar refractivity (Wildman–Crippen MR) is 86.0 cm³/mol. The number of nitro groups is 1. The van der Waals surface area contributed by atoms with Gasteiger partial charge in [0, 0.05) is 4.88 Å². The molecule has 0 amide bonds. The summed E-state index contributed by atoms with van der Waals surface area (Å²) in [6, 6.07) is 2.77. The van der Waals surface area contributed by atoms with E-state index in [0.717, 1.165) is 29.5 Å². The quantitative estimate of drug-likeness (QED) is 0.448. The topological polar surface area (TPSA) is 106 Å². The van der Waals surface area contributed by atoms with Crippen molar-refractivity contribution in [1.82, 2.24) is 9.97 Å². The van der Waals surface area contributed by atoms with Crippen molar-refractivity contribution in [2.24, 2.45) is 5.10 Å². The number of aryl methyl sites for hydroxylation is 2. The lowest BCUT2D eigenvalue weighted by molar-refractivity contribution is -0.402. The molecule has 0 atom stereocenters. The Bertz CT molecular complexity index is 930. The van der Waals surface area contributed by atoms with Gasteiger partial charge in [-0.2, -0.15) is 5.10 Å². The Morgan fingerprint density at radius 1 is 1.39 bits per heavy atom. The van der Waals surface area contributed by atoms with Crippen LogP contribution < -0.4 is 5.43 Å². The molecule has 9 heteroatoms. The maximum absolute atomic E-state index is 10.6. The van der Waals surface area contributed by atoms with Gasteiger partial charge in [0.1, 0.15) is 16.1 Å². The molecule has 3 heterocycles. The maximum atomic E-state index is 10.6. The lowest BCUT2D eigenvalue weighted by atomic mass is 10.2. The van der Waals surface area contributed by atoms with E-state index in [2.05, 4.69) is 20.5 Å². The second-order valence-corrected chi connectivity index (χ2v) is 6.15. The highest BCUT2D eigenvalue weighted by atomic mass is 32.1. The van der Waals surface area contributed by atoms with Crippen molar-refractivity contribution in [3.63, 3.8) is 0 Å². The minimum atomic E-state index is -0.590. The van der Waals surface area contributed by atoms with Crippen molar-refractivity contribution >= 4 is 39.5 Å². The van der Waals surface area contributed by atoms with Gasteiger partial charge in [0.15, 0.2) is 11.6 Å². The molecule has 3 aromatic heterocycles. The normalized spacial score (nSPS) is 13.7.